The minimum atomic E-state index is -2.88. The first-order valence-electron chi connectivity index (χ1n) is 9.05. The molecule has 0 aromatic heterocycles. The average molecular weight is 407 g/mol. The molecule has 0 fully saturated rings. The summed E-state index contributed by atoms with van der Waals surface area (Å²) in [5.41, 5.74) is 0.729. The molecule has 0 aliphatic rings. The summed E-state index contributed by atoms with van der Waals surface area (Å²) in [6, 6.07) is 15.2. The van der Waals surface area contributed by atoms with Crippen LogP contribution in [0.1, 0.15) is 18.4 Å². The Balaban J connectivity index is 1.63. The Bertz CT molecular complexity index is 768. The number of hydrogen-bond acceptors (Lipinski definition) is 5. The molecule has 1 amide bonds. The number of rotatable bonds is 11. The van der Waals surface area contributed by atoms with Crippen molar-refractivity contribution in [1.82, 2.24) is 4.90 Å². The van der Waals surface area contributed by atoms with Crippen molar-refractivity contribution in [3.05, 3.63) is 60.2 Å². The van der Waals surface area contributed by atoms with Crippen molar-refractivity contribution in [3.63, 3.8) is 0 Å². The van der Waals surface area contributed by atoms with Crippen molar-refractivity contribution in [2.75, 3.05) is 20.3 Å². The first-order chi connectivity index (χ1) is 13.9. The van der Waals surface area contributed by atoms with Gasteiger partial charge in [0.05, 0.1) is 6.61 Å². The molecule has 0 radical (unpaired) electrons. The molecule has 8 heteroatoms. The van der Waals surface area contributed by atoms with Crippen molar-refractivity contribution in [2.24, 2.45) is 0 Å². The van der Waals surface area contributed by atoms with E-state index in [1.54, 1.807) is 19.2 Å². The van der Waals surface area contributed by atoms with E-state index in [0.29, 0.717) is 13.0 Å². The number of ether oxygens (including phenoxy) is 3. The maximum Gasteiger partial charge on any atom is 0.387 e. The van der Waals surface area contributed by atoms with Gasteiger partial charge < -0.3 is 19.1 Å². The highest BCUT2D eigenvalue weighted by Gasteiger charge is 2.13. The van der Waals surface area contributed by atoms with Crippen LogP contribution in [0.3, 0.4) is 0 Å². The van der Waals surface area contributed by atoms with Crippen LogP contribution in [0.25, 0.3) is 0 Å². The van der Waals surface area contributed by atoms with Crippen LogP contribution < -0.4 is 9.47 Å². The largest absolute Gasteiger partial charge is 0.494 e. The van der Waals surface area contributed by atoms with Gasteiger partial charge in [0.25, 0.3) is 5.91 Å². The molecule has 0 atom stereocenters. The van der Waals surface area contributed by atoms with Crippen LogP contribution in [0.5, 0.6) is 11.5 Å². The van der Waals surface area contributed by atoms with Gasteiger partial charge in [0.15, 0.2) is 6.61 Å². The number of carbonyl (C=O) groups excluding carboxylic acids is 2. The van der Waals surface area contributed by atoms with E-state index in [2.05, 4.69) is 4.74 Å². The number of esters is 1. The summed E-state index contributed by atoms with van der Waals surface area (Å²) in [7, 11) is 1.56. The Hall–Kier alpha value is -3.16. The van der Waals surface area contributed by atoms with E-state index in [1.807, 2.05) is 30.3 Å². The summed E-state index contributed by atoms with van der Waals surface area (Å²) >= 11 is 0. The number of nitrogens with zero attached hydrogens (tertiary/aromatic N) is 1. The Morgan fingerprint density at radius 1 is 1.00 bits per heavy atom. The number of amides is 1. The lowest BCUT2D eigenvalue weighted by molar-refractivity contribution is -0.151. The highest BCUT2D eigenvalue weighted by Crippen LogP contribution is 2.16. The van der Waals surface area contributed by atoms with Crippen LogP contribution in [0.2, 0.25) is 0 Å². The SMILES string of the molecule is CN(Cc1ccc(OC(F)F)cc1)C(=O)COC(=O)CCCOc1ccccc1. The molecule has 0 heterocycles. The van der Waals surface area contributed by atoms with E-state index < -0.39 is 12.6 Å². The normalized spacial score (nSPS) is 10.5. The third-order valence-electron chi connectivity index (χ3n) is 3.89. The van der Waals surface area contributed by atoms with Crippen molar-refractivity contribution >= 4 is 11.9 Å². The molecule has 0 bridgehead atoms. The molecule has 2 aromatic rings. The second-order valence-electron chi connectivity index (χ2n) is 6.20. The zero-order valence-corrected chi connectivity index (χ0v) is 16.1. The van der Waals surface area contributed by atoms with Gasteiger partial charge >= 0.3 is 12.6 Å². The van der Waals surface area contributed by atoms with Crippen molar-refractivity contribution in [3.8, 4) is 11.5 Å². The fourth-order valence-electron chi connectivity index (χ4n) is 2.39. The fraction of sp³-hybridized carbons (Fsp3) is 0.333. The fourth-order valence-corrected chi connectivity index (χ4v) is 2.39. The summed E-state index contributed by atoms with van der Waals surface area (Å²) in [6.45, 7) is -2.62. The average Bonchev–Trinajstić information content (AvgIpc) is 2.71. The third-order valence-corrected chi connectivity index (χ3v) is 3.89. The lowest BCUT2D eigenvalue weighted by atomic mass is 10.2. The van der Waals surface area contributed by atoms with E-state index in [1.165, 1.54) is 17.0 Å². The zero-order chi connectivity index (χ0) is 21.1. The molecule has 156 valence electrons. The summed E-state index contributed by atoms with van der Waals surface area (Å²) in [4.78, 5) is 25.2. The third kappa shape index (κ3) is 8.59. The zero-order valence-electron chi connectivity index (χ0n) is 16.1. The van der Waals surface area contributed by atoms with Gasteiger partial charge in [-0.1, -0.05) is 30.3 Å². The standard InChI is InChI=1S/C21H23F2NO5/c1-24(14-16-9-11-18(12-10-16)29-21(22)23)19(25)15-28-20(26)8-5-13-27-17-6-3-2-4-7-17/h2-4,6-7,9-12,21H,5,8,13-15H2,1H3. The lowest BCUT2D eigenvalue weighted by Gasteiger charge is -2.17. The molecule has 0 spiro atoms. The lowest BCUT2D eigenvalue weighted by Crippen LogP contribution is -2.30. The van der Waals surface area contributed by atoms with Crippen molar-refractivity contribution in [1.29, 1.82) is 0 Å². The van der Waals surface area contributed by atoms with Gasteiger partial charge in [0, 0.05) is 20.0 Å². The summed E-state index contributed by atoms with van der Waals surface area (Å²) < 4.78 is 39.0. The molecular formula is C21H23F2NO5. The molecule has 0 unspecified atom stereocenters. The Kier molecular flexibility index (Phi) is 8.88. The Labute approximate surface area is 168 Å². The van der Waals surface area contributed by atoms with Gasteiger partial charge in [-0.25, -0.2) is 0 Å². The van der Waals surface area contributed by atoms with Gasteiger partial charge in [0.1, 0.15) is 11.5 Å². The van der Waals surface area contributed by atoms with E-state index in [9.17, 15) is 18.4 Å². The summed E-state index contributed by atoms with van der Waals surface area (Å²) in [5, 5.41) is 0. The van der Waals surface area contributed by atoms with Crippen molar-refractivity contribution < 1.29 is 32.6 Å². The molecular weight excluding hydrogens is 384 g/mol. The van der Waals surface area contributed by atoms with E-state index in [-0.39, 0.29) is 31.2 Å². The Morgan fingerprint density at radius 3 is 2.34 bits per heavy atom. The maximum atomic E-state index is 12.1. The van der Waals surface area contributed by atoms with Gasteiger partial charge in [0.2, 0.25) is 0 Å². The predicted octanol–water partition coefficient (Wildman–Crippen LogP) is 3.65. The van der Waals surface area contributed by atoms with E-state index in [0.717, 1.165) is 11.3 Å². The summed E-state index contributed by atoms with van der Waals surface area (Å²) in [5.74, 6) is -0.0712. The first-order valence-corrected chi connectivity index (χ1v) is 9.05. The highest BCUT2D eigenvalue weighted by molar-refractivity contribution is 5.80. The van der Waals surface area contributed by atoms with Gasteiger partial charge in [-0.3, -0.25) is 9.59 Å². The van der Waals surface area contributed by atoms with Crippen LogP contribution >= 0.6 is 0 Å². The quantitative estimate of drug-likeness (QED) is 0.420. The monoisotopic (exact) mass is 407 g/mol. The van der Waals surface area contributed by atoms with Crippen LogP contribution in [-0.4, -0.2) is 43.6 Å². The van der Waals surface area contributed by atoms with Crippen LogP contribution in [-0.2, 0) is 20.9 Å². The van der Waals surface area contributed by atoms with Crippen LogP contribution in [0.15, 0.2) is 54.6 Å². The molecule has 0 aliphatic heterocycles. The summed E-state index contributed by atoms with van der Waals surface area (Å²) in [6.07, 6.45) is 0.625. The van der Waals surface area contributed by atoms with Gasteiger partial charge in [-0.15, -0.1) is 0 Å². The molecule has 0 saturated carbocycles. The number of hydrogen-bond donors (Lipinski definition) is 0. The molecule has 0 aliphatic carbocycles. The second-order valence-corrected chi connectivity index (χ2v) is 6.20. The predicted molar refractivity (Wildman–Crippen MR) is 102 cm³/mol. The maximum absolute atomic E-state index is 12.1. The smallest absolute Gasteiger partial charge is 0.387 e. The molecule has 2 rings (SSSR count). The highest BCUT2D eigenvalue weighted by atomic mass is 19.3. The van der Waals surface area contributed by atoms with Crippen LogP contribution in [0.4, 0.5) is 8.78 Å². The number of likely N-dealkylation sites (N-methyl/N-ethyl adjacent to an activating group) is 1. The van der Waals surface area contributed by atoms with E-state index >= 15 is 0 Å². The topological polar surface area (TPSA) is 65.1 Å². The number of benzene rings is 2. The minimum Gasteiger partial charge on any atom is -0.494 e. The van der Waals surface area contributed by atoms with Gasteiger partial charge in [-0.2, -0.15) is 8.78 Å². The first kappa shape index (κ1) is 22.1. The number of halogens is 2. The number of para-hydroxylation sites is 1. The molecule has 0 saturated heterocycles. The molecule has 29 heavy (non-hydrogen) atoms. The van der Waals surface area contributed by atoms with Crippen molar-refractivity contribution in [2.45, 2.75) is 26.0 Å². The van der Waals surface area contributed by atoms with E-state index in [4.69, 9.17) is 9.47 Å². The van der Waals surface area contributed by atoms with Crippen LogP contribution in [0, 0.1) is 0 Å². The number of carbonyl (C=O) groups is 2. The molecule has 0 N–H and O–H groups in total. The molecule has 2 aromatic carbocycles. The minimum absolute atomic E-state index is 0.0444. The molecule has 6 nitrogen and oxygen atoms in total. The number of alkyl halides is 2. The van der Waals surface area contributed by atoms with Gasteiger partial charge in [-0.05, 0) is 36.2 Å². The Morgan fingerprint density at radius 2 is 1.69 bits per heavy atom. The second kappa shape index (κ2) is 11.6.